The third kappa shape index (κ3) is 3.61. The predicted octanol–water partition coefficient (Wildman–Crippen LogP) is 2.43. The molecular formula is C17H18F3N3O3. The van der Waals surface area contributed by atoms with Gasteiger partial charge in [0.2, 0.25) is 0 Å². The summed E-state index contributed by atoms with van der Waals surface area (Å²) in [5.41, 5.74) is -0.266. The van der Waals surface area contributed by atoms with E-state index in [1.807, 2.05) is 18.2 Å². The molecule has 0 bridgehead atoms. The van der Waals surface area contributed by atoms with Gasteiger partial charge in [0.05, 0.1) is 13.7 Å². The number of benzene rings is 1. The highest BCUT2D eigenvalue weighted by Crippen LogP contribution is 2.35. The molecule has 1 unspecified atom stereocenters. The minimum absolute atomic E-state index is 0.00821. The number of nitrogens with zero attached hydrogens (tertiary/aromatic N) is 2. The quantitative estimate of drug-likeness (QED) is 0.899. The van der Waals surface area contributed by atoms with Crippen LogP contribution in [-0.4, -0.2) is 35.9 Å². The molecule has 1 aromatic carbocycles. The topological polar surface area (TPSA) is 65.4 Å². The van der Waals surface area contributed by atoms with E-state index >= 15 is 0 Å². The van der Waals surface area contributed by atoms with E-state index in [1.165, 1.54) is 7.05 Å². The van der Waals surface area contributed by atoms with Crippen LogP contribution in [0.3, 0.4) is 0 Å². The lowest BCUT2D eigenvalue weighted by Gasteiger charge is -2.26. The first-order valence-corrected chi connectivity index (χ1v) is 7.97. The largest absolute Gasteiger partial charge is 0.493 e. The molecule has 9 heteroatoms. The first-order valence-electron chi connectivity index (χ1n) is 7.97. The van der Waals surface area contributed by atoms with Crippen LogP contribution in [0.1, 0.15) is 21.7 Å². The summed E-state index contributed by atoms with van der Waals surface area (Å²) in [5, 5.41) is 5.99. The predicted molar refractivity (Wildman–Crippen MR) is 86.2 cm³/mol. The van der Waals surface area contributed by atoms with Gasteiger partial charge in [-0.2, -0.15) is 18.3 Å². The Kier molecular flexibility index (Phi) is 4.80. The third-order valence-corrected chi connectivity index (χ3v) is 4.21. The normalized spacial score (nSPS) is 16.6. The Hall–Kier alpha value is -2.71. The van der Waals surface area contributed by atoms with Crippen molar-refractivity contribution in [3.8, 4) is 11.5 Å². The number of para-hydroxylation sites is 1. The van der Waals surface area contributed by atoms with Gasteiger partial charge >= 0.3 is 6.18 Å². The number of fused-ring (bicyclic) bond motifs is 1. The molecule has 140 valence electrons. The van der Waals surface area contributed by atoms with Gasteiger partial charge < -0.3 is 14.8 Å². The van der Waals surface area contributed by atoms with E-state index in [0.29, 0.717) is 24.5 Å². The zero-order valence-corrected chi connectivity index (χ0v) is 14.3. The van der Waals surface area contributed by atoms with E-state index in [2.05, 4.69) is 10.4 Å². The number of halogens is 3. The third-order valence-electron chi connectivity index (χ3n) is 4.21. The van der Waals surface area contributed by atoms with E-state index in [0.717, 1.165) is 16.3 Å². The number of alkyl halides is 3. The fraction of sp³-hybridized carbons (Fsp3) is 0.412. The maximum atomic E-state index is 12.7. The Morgan fingerprint density at radius 3 is 2.88 bits per heavy atom. The molecule has 0 saturated heterocycles. The molecule has 26 heavy (non-hydrogen) atoms. The molecule has 2 aromatic rings. The molecule has 1 amide bonds. The van der Waals surface area contributed by atoms with Crippen LogP contribution in [0.15, 0.2) is 24.3 Å². The van der Waals surface area contributed by atoms with E-state index in [1.54, 1.807) is 7.11 Å². The zero-order valence-electron chi connectivity index (χ0n) is 14.3. The second-order valence-corrected chi connectivity index (χ2v) is 6.08. The second kappa shape index (κ2) is 6.89. The van der Waals surface area contributed by atoms with Gasteiger partial charge in [-0.25, -0.2) is 0 Å². The summed E-state index contributed by atoms with van der Waals surface area (Å²) in [4.78, 5) is 12.2. The number of rotatable bonds is 4. The number of aryl methyl sites for hydroxylation is 1. The number of hydrogen-bond acceptors (Lipinski definition) is 4. The van der Waals surface area contributed by atoms with Gasteiger partial charge in [0.15, 0.2) is 17.2 Å². The van der Waals surface area contributed by atoms with Crippen LogP contribution in [-0.2, 0) is 19.6 Å². The first kappa shape index (κ1) is 18.1. The van der Waals surface area contributed by atoms with E-state index in [4.69, 9.17) is 9.47 Å². The molecule has 0 fully saturated rings. The maximum Gasteiger partial charge on any atom is 0.435 e. The Morgan fingerprint density at radius 2 is 2.23 bits per heavy atom. The maximum absolute atomic E-state index is 12.7. The van der Waals surface area contributed by atoms with Crippen molar-refractivity contribution in [2.75, 3.05) is 20.3 Å². The number of nitrogens with one attached hydrogen (secondary N) is 1. The molecule has 0 aliphatic carbocycles. The van der Waals surface area contributed by atoms with Crippen molar-refractivity contribution < 1.29 is 27.4 Å². The summed E-state index contributed by atoms with van der Waals surface area (Å²) in [6, 6.07) is 6.33. The molecule has 0 saturated carbocycles. The summed E-state index contributed by atoms with van der Waals surface area (Å²) in [7, 11) is 2.87. The Balaban J connectivity index is 1.63. The monoisotopic (exact) mass is 369 g/mol. The first-order chi connectivity index (χ1) is 12.3. The van der Waals surface area contributed by atoms with Crippen LogP contribution >= 0.6 is 0 Å². The van der Waals surface area contributed by atoms with Gasteiger partial charge in [0.1, 0.15) is 5.69 Å². The molecule has 3 rings (SSSR count). The van der Waals surface area contributed by atoms with Crippen LogP contribution in [0, 0.1) is 5.92 Å². The van der Waals surface area contributed by atoms with Crippen LogP contribution in [0.2, 0.25) is 0 Å². The lowest BCUT2D eigenvalue weighted by atomic mass is 9.96. The van der Waals surface area contributed by atoms with Crippen molar-refractivity contribution in [1.29, 1.82) is 0 Å². The molecule has 1 aliphatic heterocycles. The van der Waals surface area contributed by atoms with E-state index in [-0.39, 0.29) is 18.2 Å². The summed E-state index contributed by atoms with van der Waals surface area (Å²) in [5.74, 6) is 0.749. The number of ether oxygens (including phenoxy) is 2. The molecule has 1 atom stereocenters. The van der Waals surface area contributed by atoms with Crippen molar-refractivity contribution >= 4 is 5.91 Å². The molecule has 2 heterocycles. The van der Waals surface area contributed by atoms with Crippen LogP contribution in [0.5, 0.6) is 11.5 Å². The standard InChI is InChI=1S/C17H18F3N3O3/c1-23-12(7-14(22-23)17(18,19)20)16(24)21-8-10-6-11-4-3-5-13(25-2)15(11)26-9-10/h3-5,7,10H,6,8-9H2,1-2H3,(H,21,24). The van der Waals surface area contributed by atoms with E-state index in [9.17, 15) is 18.0 Å². The SMILES string of the molecule is COc1cccc2c1OCC(CNC(=O)c1cc(C(F)(F)F)nn1C)C2. The van der Waals surface area contributed by atoms with Gasteiger partial charge in [-0.05, 0) is 18.1 Å². The molecule has 6 nitrogen and oxygen atoms in total. The van der Waals surface area contributed by atoms with Crippen molar-refractivity contribution in [3.63, 3.8) is 0 Å². The average molecular weight is 369 g/mol. The Morgan fingerprint density at radius 1 is 1.46 bits per heavy atom. The lowest BCUT2D eigenvalue weighted by Crippen LogP contribution is -2.35. The van der Waals surface area contributed by atoms with Gasteiger partial charge in [-0.15, -0.1) is 0 Å². The molecule has 1 aromatic heterocycles. The van der Waals surface area contributed by atoms with Crippen molar-refractivity contribution in [3.05, 3.63) is 41.2 Å². The van der Waals surface area contributed by atoms with Crippen LogP contribution < -0.4 is 14.8 Å². The zero-order chi connectivity index (χ0) is 18.9. The van der Waals surface area contributed by atoms with Gasteiger partial charge in [0, 0.05) is 25.6 Å². The minimum atomic E-state index is -4.59. The van der Waals surface area contributed by atoms with Gasteiger partial charge in [-0.1, -0.05) is 12.1 Å². The number of amides is 1. The fourth-order valence-electron chi connectivity index (χ4n) is 2.89. The number of carbonyl (C=O) groups is 1. The van der Waals surface area contributed by atoms with Gasteiger partial charge in [0.25, 0.3) is 5.91 Å². The number of aromatic nitrogens is 2. The number of methoxy groups -OCH3 is 1. The van der Waals surface area contributed by atoms with Crippen molar-refractivity contribution in [2.45, 2.75) is 12.6 Å². The fourth-order valence-corrected chi connectivity index (χ4v) is 2.89. The average Bonchev–Trinajstić information content (AvgIpc) is 3.01. The lowest BCUT2D eigenvalue weighted by molar-refractivity contribution is -0.141. The molecule has 0 radical (unpaired) electrons. The van der Waals surface area contributed by atoms with Crippen LogP contribution in [0.25, 0.3) is 0 Å². The van der Waals surface area contributed by atoms with Crippen molar-refractivity contribution in [1.82, 2.24) is 15.1 Å². The molecule has 1 N–H and O–H groups in total. The van der Waals surface area contributed by atoms with Crippen LogP contribution in [0.4, 0.5) is 13.2 Å². The summed E-state index contributed by atoms with van der Waals surface area (Å²) >= 11 is 0. The highest BCUT2D eigenvalue weighted by molar-refractivity contribution is 5.92. The Bertz CT molecular complexity index is 817. The van der Waals surface area contributed by atoms with E-state index < -0.39 is 17.8 Å². The second-order valence-electron chi connectivity index (χ2n) is 6.08. The number of carbonyl (C=O) groups excluding carboxylic acids is 1. The highest BCUT2D eigenvalue weighted by Gasteiger charge is 2.35. The summed E-state index contributed by atoms with van der Waals surface area (Å²) < 4.78 is 50.0. The Labute approximate surface area is 147 Å². The molecule has 0 spiro atoms. The molecule has 1 aliphatic rings. The summed E-state index contributed by atoms with van der Waals surface area (Å²) in [6.45, 7) is 0.662. The molecular weight excluding hydrogens is 351 g/mol. The highest BCUT2D eigenvalue weighted by atomic mass is 19.4. The van der Waals surface area contributed by atoms with Crippen molar-refractivity contribution in [2.24, 2.45) is 13.0 Å². The minimum Gasteiger partial charge on any atom is -0.493 e. The van der Waals surface area contributed by atoms with Gasteiger partial charge in [-0.3, -0.25) is 9.48 Å². The summed E-state index contributed by atoms with van der Waals surface area (Å²) in [6.07, 6.45) is -3.91. The smallest absolute Gasteiger partial charge is 0.435 e. The number of hydrogen-bond donors (Lipinski definition) is 1.